The van der Waals surface area contributed by atoms with Crippen molar-refractivity contribution >= 4 is 10.9 Å². The largest absolute Gasteiger partial charge is 0.380 e. The average Bonchev–Trinajstić information content (AvgIpc) is 2.70. The lowest BCUT2D eigenvalue weighted by Gasteiger charge is -2.00. The van der Waals surface area contributed by atoms with Gasteiger partial charge in [-0.2, -0.15) is 0 Å². The van der Waals surface area contributed by atoms with E-state index < -0.39 is 0 Å². The third kappa shape index (κ3) is 2.15. The van der Waals surface area contributed by atoms with Crippen LogP contribution < -0.4 is 0 Å². The van der Waals surface area contributed by atoms with Crippen molar-refractivity contribution in [2.24, 2.45) is 0 Å². The van der Waals surface area contributed by atoms with Crippen molar-refractivity contribution in [3.05, 3.63) is 36.0 Å². The number of nitrogens with one attached hydrogen (secondary N) is 1. The van der Waals surface area contributed by atoms with Crippen molar-refractivity contribution in [1.82, 2.24) is 4.98 Å². The highest BCUT2D eigenvalue weighted by molar-refractivity contribution is 5.82. The van der Waals surface area contributed by atoms with E-state index in [0.29, 0.717) is 6.61 Å². The molecule has 0 amide bonds. The van der Waals surface area contributed by atoms with E-state index >= 15 is 0 Å². The third-order valence-electron chi connectivity index (χ3n) is 1.97. The Balaban J connectivity index is 0.000000461. The summed E-state index contributed by atoms with van der Waals surface area (Å²) < 4.78 is 5.09. The van der Waals surface area contributed by atoms with Crippen LogP contribution in [0.1, 0.15) is 19.4 Å². The van der Waals surface area contributed by atoms with Crippen molar-refractivity contribution < 1.29 is 4.74 Å². The fraction of sp³-hybridized carbons (Fsp3) is 0.333. The van der Waals surface area contributed by atoms with Crippen molar-refractivity contribution in [2.45, 2.75) is 20.5 Å². The molecule has 0 fully saturated rings. The van der Waals surface area contributed by atoms with Gasteiger partial charge in [0.25, 0.3) is 0 Å². The number of benzene rings is 1. The van der Waals surface area contributed by atoms with Gasteiger partial charge in [-0.3, -0.25) is 0 Å². The summed E-state index contributed by atoms with van der Waals surface area (Å²) in [6.07, 6.45) is 1.95. The van der Waals surface area contributed by atoms with Crippen LogP contribution in [0, 0.1) is 0 Å². The molecular weight excluding hydrogens is 174 g/mol. The summed E-state index contributed by atoms with van der Waals surface area (Å²) in [4.78, 5) is 3.19. The van der Waals surface area contributed by atoms with Crippen molar-refractivity contribution in [2.75, 3.05) is 7.11 Å². The van der Waals surface area contributed by atoms with Crippen LogP contribution in [0.4, 0.5) is 0 Å². The zero-order valence-corrected chi connectivity index (χ0v) is 9.00. The minimum absolute atomic E-state index is 0.665. The Labute approximate surface area is 84.9 Å². The van der Waals surface area contributed by atoms with Crippen LogP contribution >= 0.6 is 0 Å². The monoisotopic (exact) mass is 191 g/mol. The molecule has 2 rings (SSSR count). The number of ether oxygens (including phenoxy) is 1. The predicted octanol–water partition coefficient (Wildman–Crippen LogP) is 3.34. The molecule has 0 aliphatic rings. The zero-order chi connectivity index (χ0) is 10.4. The van der Waals surface area contributed by atoms with Crippen LogP contribution in [-0.2, 0) is 11.3 Å². The molecule has 0 bridgehead atoms. The zero-order valence-electron chi connectivity index (χ0n) is 9.00. The molecule has 0 radical (unpaired) electrons. The summed E-state index contributed by atoms with van der Waals surface area (Å²) in [5, 5.41) is 1.24. The van der Waals surface area contributed by atoms with Crippen LogP contribution in [0.2, 0.25) is 0 Å². The van der Waals surface area contributed by atoms with Gasteiger partial charge in [0.15, 0.2) is 0 Å². The first-order chi connectivity index (χ1) is 6.92. The van der Waals surface area contributed by atoms with Gasteiger partial charge in [-0.1, -0.05) is 32.0 Å². The van der Waals surface area contributed by atoms with E-state index in [2.05, 4.69) is 23.2 Å². The van der Waals surface area contributed by atoms with Crippen molar-refractivity contribution in [3.8, 4) is 0 Å². The summed E-state index contributed by atoms with van der Waals surface area (Å²) in [6, 6.07) is 8.27. The Morgan fingerprint density at radius 2 is 2.00 bits per heavy atom. The Hall–Kier alpha value is -1.28. The van der Waals surface area contributed by atoms with Crippen LogP contribution in [0.15, 0.2) is 30.5 Å². The summed E-state index contributed by atoms with van der Waals surface area (Å²) in [7, 11) is 1.71. The van der Waals surface area contributed by atoms with E-state index in [0.717, 1.165) is 0 Å². The predicted molar refractivity (Wildman–Crippen MR) is 60.4 cm³/mol. The SMILES string of the molecule is CC.COCc1cccc2cc[nH]c12. The second-order valence-corrected chi connectivity index (χ2v) is 2.79. The fourth-order valence-electron chi connectivity index (χ4n) is 1.43. The highest BCUT2D eigenvalue weighted by Gasteiger charge is 1.99. The first-order valence-electron chi connectivity index (χ1n) is 4.96. The number of aromatic nitrogens is 1. The van der Waals surface area contributed by atoms with E-state index in [1.807, 2.05) is 26.1 Å². The Morgan fingerprint density at radius 1 is 1.21 bits per heavy atom. The minimum atomic E-state index is 0.665. The molecule has 2 aromatic rings. The van der Waals surface area contributed by atoms with Crippen molar-refractivity contribution in [3.63, 3.8) is 0 Å². The van der Waals surface area contributed by atoms with Gasteiger partial charge in [0.05, 0.1) is 12.1 Å². The van der Waals surface area contributed by atoms with Crippen LogP contribution in [0.3, 0.4) is 0 Å². The molecule has 0 saturated heterocycles. The molecule has 0 atom stereocenters. The molecule has 1 heterocycles. The highest BCUT2D eigenvalue weighted by Crippen LogP contribution is 2.16. The summed E-state index contributed by atoms with van der Waals surface area (Å²) in [5.41, 5.74) is 2.39. The molecule has 0 aliphatic heterocycles. The van der Waals surface area contributed by atoms with E-state index in [-0.39, 0.29) is 0 Å². The molecule has 2 heteroatoms. The molecule has 0 spiro atoms. The minimum Gasteiger partial charge on any atom is -0.380 e. The van der Waals surface area contributed by atoms with Gasteiger partial charge < -0.3 is 9.72 Å². The van der Waals surface area contributed by atoms with Gasteiger partial charge >= 0.3 is 0 Å². The number of hydrogen-bond donors (Lipinski definition) is 1. The molecule has 0 unspecified atom stereocenters. The third-order valence-corrected chi connectivity index (χ3v) is 1.97. The molecule has 76 valence electrons. The molecule has 0 saturated carbocycles. The highest BCUT2D eigenvalue weighted by atomic mass is 16.5. The Morgan fingerprint density at radius 3 is 2.71 bits per heavy atom. The maximum atomic E-state index is 5.09. The number of fused-ring (bicyclic) bond motifs is 1. The van der Waals surface area contributed by atoms with Crippen LogP contribution in [0.5, 0.6) is 0 Å². The fourth-order valence-corrected chi connectivity index (χ4v) is 1.43. The lowest BCUT2D eigenvalue weighted by molar-refractivity contribution is 0.186. The Bertz CT molecular complexity index is 378. The first-order valence-corrected chi connectivity index (χ1v) is 4.96. The Kier molecular flexibility index (Phi) is 4.20. The second-order valence-electron chi connectivity index (χ2n) is 2.79. The maximum absolute atomic E-state index is 5.09. The standard InChI is InChI=1S/C10H11NO.C2H6/c1-12-7-9-4-2-3-8-5-6-11-10(8)9;1-2/h2-6,11H,7H2,1H3;1-2H3. The summed E-state index contributed by atoms with van der Waals surface area (Å²) >= 11 is 0. The summed E-state index contributed by atoms with van der Waals surface area (Å²) in [6.45, 7) is 4.66. The number of H-pyrrole nitrogens is 1. The van der Waals surface area contributed by atoms with E-state index in [4.69, 9.17) is 4.74 Å². The maximum Gasteiger partial charge on any atom is 0.0733 e. The lowest BCUT2D eigenvalue weighted by atomic mass is 10.1. The molecule has 14 heavy (non-hydrogen) atoms. The van der Waals surface area contributed by atoms with E-state index in [9.17, 15) is 0 Å². The van der Waals surface area contributed by atoms with E-state index in [1.165, 1.54) is 16.5 Å². The number of hydrogen-bond acceptors (Lipinski definition) is 1. The molecule has 0 aliphatic carbocycles. The first kappa shape index (κ1) is 10.8. The number of para-hydroxylation sites is 1. The van der Waals surface area contributed by atoms with Crippen LogP contribution in [0.25, 0.3) is 10.9 Å². The second kappa shape index (κ2) is 5.45. The quantitative estimate of drug-likeness (QED) is 0.773. The number of methoxy groups -OCH3 is 1. The van der Waals surface area contributed by atoms with Crippen LogP contribution in [-0.4, -0.2) is 12.1 Å². The van der Waals surface area contributed by atoms with Gasteiger partial charge in [-0.05, 0) is 11.5 Å². The smallest absolute Gasteiger partial charge is 0.0733 e. The lowest BCUT2D eigenvalue weighted by Crippen LogP contribution is -1.87. The normalized spacial score (nSPS) is 9.64. The summed E-state index contributed by atoms with van der Waals surface area (Å²) in [5.74, 6) is 0. The van der Waals surface area contributed by atoms with Crippen molar-refractivity contribution in [1.29, 1.82) is 0 Å². The van der Waals surface area contributed by atoms with Gasteiger partial charge in [0.2, 0.25) is 0 Å². The topological polar surface area (TPSA) is 25.0 Å². The number of aromatic amines is 1. The molecule has 2 nitrogen and oxygen atoms in total. The molecule has 1 N–H and O–H groups in total. The van der Waals surface area contributed by atoms with Gasteiger partial charge in [0, 0.05) is 18.9 Å². The van der Waals surface area contributed by atoms with Gasteiger partial charge in [0.1, 0.15) is 0 Å². The molecule has 1 aromatic heterocycles. The van der Waals surface area contributed by atoms with E-state index in [1.54, 1.807) is 7.11 Å². The number of rotatable bonds is 2. The average molecular weight is 191 g/mol. The molecular formula is C12H17NO. The van der Waals surface area contributed by atoms with Gasteiger partial charge in [-0.25, -0.2) is 0 Å². The molecule has 1 aromatic carbocycles. The van der Waals surface area contributed by atoms with Gasteiger partial charge in [-0.15, -0.1) is 0 Å².